The number of morpholine rings is 1. The standard InChI is InChI=1S/C26H19F2N5O3/c27-21-11-22(28)19(10-18(21)20(13-34)25-26-15(3-6-36-26)12-31-32-25)24-17-2-1-16(9-23(17)29-14-30-24)33-4-7-35-8-5-33/h1-3,6,9-14,20H,4-5,7-8H2. The van der Waals surface area contributed by atoms with E-state index >= 15 is 8.78 Å². The Hall–Kier alpha value is -4.31. The first-order valence-corrected chi connectivity index (χ1v) is 11.3. The molecule has 0 N–H and O–H groups in total. The van der Waals surface area contributed by atoms with Crippen LogP contribution in [-0.4, -0.2) is 52.8 Å². The van der Waals surface area contributed by atoms with E-state index in [1.54, 1.807) is 6.07 Å². The quantitative estimate of drug-likeness (QED) is 0.339. The molecule has 8 nitrogen and oxygen atoms in total. The predicted octanol–water partition coefficient (Wildman–Crippen LogP) is 4.28. The zero-order valence-corrected chi connectivity index (χ0v) is 18.9. The summed E-state index contributed by atoms with van der Waals surface area (Å²) in [4.78, 5) is 23.0. The van der Waals surface area contributed by atoms with Crippen molar-refractivity contribution >= 4 is 33.8 Å². The van der Waals surface area contributed by atoms with Crippen molar-refractivity contribution in [3.63, 3.8) is 0 Å². The molecule has 2 aromatic carbocycles. The Morgan fingerprint density at radius 1 is 1.03 bits per heavy atom. The van der Waals surface area contributed by atoms with Crippen molar-refractivity contribution in [3.05, 3.63) is 78.1 Å². The fraction of sp³-hybridized carbons (Fsp3) is 0.192. The van der Waals surface area contributed by atoms with Crippen LogP contribution in [0.25, 0.3) is 33.1 Å². The molecule has 36 heavy (non-hydrogen) atoms. The number of aromatic nitrogens is 4. The number of fused-ring (bicyclic) bond motifs is 2. The fourth-order valence-corrected chi connectivity index (χ4v) is 4.58. The lowest BCUT2D eigenvalue weighted by Crippen LogP contribution is -2.36. The van der Waals surface area contributed by atoms with Crippen LogP contribution in [0.4, 0.5) is 14.5 Å². The minimum Gasteiger partial charge on any atom is -0.462 e. The Morgan fingerprint density at radius 2 is 1.89 bits per heavy atom. The molecular formula is C26H19F2N5O3. The molecule has 1 atom stereocenters. The van der Waals surface area contributed by atoms with Gasteiger partial charge < -0.3 is 18.8 Å². The van der Waals surface area contributed by atoms with Crippen molar-refractivity contribution in [1.29, 1.82) is 0 Å². The van der Waals surface area contributed by atoms with Crippen LogP contribution in [0.15, 0.2) is 59.6 Å². The summed E-state index contributed by atoms with van der Waals surface area (Å²) in [6.07, 6.45) is 4.80. The molecule has 4 heterocycles. The van der Waals surface area contributed by atoms with E-state index in [1.165, 1.54) is 24.9 Å². The number of nitrogens with zero attached hydrogens (tertiary/aromatic N) is 5. The minimum absolute atomic E-state index is 0.0457. The molecule has 0 spiro atoms. The summed E-state index contributed by atoms with van der Waals surface area (Å²) in [6.45, 7) is 2.81. The Morgan fingerprint density at radius 3 is 2.72 bits per heavy atom. The Bertz CT molecular complexity index is 1600. The van der Waals surface area contributed by atoms with Gasteiger partial charge in [0.15, 0.2) is 5.58 Å². The van der Waals surface area contributed by atoms with Crippen LogP contribution >= 0.6 is 0 Å². The lowest BCUT2D eigenvalue weighted by atomic mass is 9.92. The molecule has 0 bridgehead atoms. The van der Waals surface area contributed by atoms with Crippen molar-refractivity contribution in [2.75, 3.05) is 31.2 Å². The second-order valence-electron chi connectivity index (χ2n) is 8.43. The summed E-state index contributed by atoms with van der Waals surface area (Å²) in [5.74, 6) is -2.85. The van der Waals surface area contributed by atoms with Gasteiger partial charge in [0.2, 0.25) is 0 Å². The molecule has 0 aliphatic carbocycles. The van der Waals surface area contributed by atoms with E-state index in [-0.39, 0.29) is 16.8 Å². The monoisotopic (exact) mass is 487 g/mol. The van der Waals surface area contributed by atoms with Gasteiger partial charge in [0.25, 0.3) is 0 Å². The predicted molar refractivity (Wildman–Crippen MR) is 128 cm³/mol. The molecule has 0 amide bonds. The number of hydrogen-bond acceptors (Lipinski definition) is 8. The molecule has 0 radical (unpaired) electrons. The van der Waals surface area contributed by atoms with Gasteiger partial charge >= 0.3 is 0 Å². The number of carbonyl (C=O) groups is 1. The van der Waals surface area contributed by atoms with E-state index in [2.05, 4.69) is 25.1 Å². The van der Waals surface area contributed by atoms with Gasteiger partial charge in [-0.3, -0.25) is 0 Å². The maximum Gasteiger partial charge on any atom is 0.159 e. The maximum atomic E-state index is 15.1. The molecule has 1 aliphatic rings. The SMILES string of the molecule is O=CC(c1cc(-c2ncnc3cc(N4CCOCC4)ccc23)c(F)cc1F)c1nncc2ccoc12. The summed E-state index contributed by atoms with van der Waals surface area (Å²) in [7, 11) is 0. The molecule has 1 aliphatic heterocycles. The highest BCUT2D eigenvalue weighted by Crippen LogP contribution is 2.35. The molecule has 1 unspecified atom stereocenters. The summed E-state index contributed by atoms with van der Waals surface area (Å²) in [5, 5.41) is 9.14. The van der Waals surface area contributed by atoms with Gasteiger partial charge in [0, 0.05) is 46.7 Å². The van der Waals surface area contributed by atoms with Crippen LogP contribution < -0.4 is 4.90 Å². The van der Waals surface area contributed by atoms with E-state index in [1.807, 2.05) is 18.2 Å². The summed E-state index contributed by atoms with van der Waals surface area (Å²) >= 11 is 0. The Balaban J connectivity index is 1.47. The third-order valence-electron chi connectivity index (χ3n) is 6.39. The normalized spacial score (nSPS) is 14.9. The van der Waals surface area contributed by atoms with E-state index in [0.29, 0.717) is 47.1 Å². The second-order valence-corrected chi connectivity index (χ2v) is 8.43. The zero-order valence-electron chi connectivity index (χ0n) is 18.9. The third kappa shape index (κ3) is 3.75. The average Bonchev–Trinajstić information content (AvgIpc) is 3.40. The molecule has 180 valence electrons. The van der Waals surface area contributed by atoms with Gasteiger partial charge in [0.1, 0.15) is 29.9 Å². The van der Waals surface area contributed by atoms with E-state index in [4.69, 9.17) is 9.15 Å². The highest BCUT2D eigenvalue weighted by Gasteiger charge is 2.26. The van der Waals surface area contributed by atoms with E-state index in [0.717, 1.165) is 24.8 Å². The third-order valence-corrected chi connectivity index (χ3v) is 6.39. The Labute approximate surface area is 203 Å². The van der Waals surface area contributed by atoms with Crippen LogP contribution in [0.3, 0.4) is 0 Å². The van der Waals surface area contributed by atoms with Crippen molar-refractivity contribution in [1.82, 2.24) is 20.2 Å². The van der Waals surface area contributed by atoms with Gasteiger partial charge in [-0.2, -0.15) is 10.2 Å². The van der Waals surface area contributed by atoms with Crippen LogP contribution in [0.1, 0.15) is 17.2 Å². The first-order valence-electron chi connectivity index (χ1n) is 11.3. The number of furan rings is 1. The van der Waals surface area contributed by atoms with Crippen molar-refractivity contribution in [3.8, 4) is 11.3 Å². The lowest BCUT2D eigenvalue weighted by Gasteiger charge is -2.29. The zero-order chi connectivity index (χ0) is 24.6. The highest BCUT2D eigenvalue weighted by molar-refractivity contribution is 5.94. The molecule has 10 heteroatoms. The molecule has 6 rings (SSSR count). The number of ether oxygens (including phenoxy) is 1. The summed E-state index contributed by atoms with van der Waals surface area (Å²) < 4.78 is 41.1. The van der Waals surface area contributed by atoms with Crippen LogP contribution in [0.2, 0.25) is 0 Å². The molecule has 1 fully saturated rings. The number of halogens is 2. The lowest BCUT2D eigenvalue weighted by molar-refractivity contribution is -0.108. The smallest absolute Gasteiger partial charge is 0.159 e. The van der Waals surface area contributed by atoms with Gasteiger partial charge in [-0.05, 0) is 30.3 Å². The number of hydrogen-bond donors (Lipinski definition) is 0. The van der Waals surface area contributed by atoms with Gasteiger partial charge in [0.05, 0.1) is 42.8 Å². The van der Waals surface area contributed by atoms with E-state index < -0.39 is 17.6 Å². The number of aldehydes is 1. The van der Waals surface area contributed by atoms with Crippen molar-refractivity contribution < 1.29 is 22.7 Å². The highest BCUT2D eigenvalue weighted by atomic mass is 19.1. The molecule has 3 aromatic heterocycles. The second kappa shape index (κ2) is 9.04. The number of anilines is 1. The summed E-state index contributed by atoms with van der Waals surface area (Å²) in [5.41, 5.74) is 2.33. The molecule has 5 aromatic rings. The van der Waals surface area contributed by atoms with Gasteiger partial charge in [-0.1, -0.05) is 0 Å². The van der Waals surface area contributed by atoms with Gasteiger partial charge in [-0.25, -0.2) is 18.7 Å². The van der Waals surface area contributed by atoms with Crippen LogP contribution in [-0.2, 0) is 9.53 Å². The molecular weight excluding hydrogens is 468 g/mol. The van der Waals surface area contributed by atoms with Crippen molar-refractivity contribution in [2.45, 2.75) is 5.92 Å². The number of carbonyl (C=O) groups excluding carboxylic acids is 1. The molecule has 1 saturated heterocycles. The number of benzene rings is 2. The molecule has 0 saturated carbocycles. The Kier molecular flexibility index (Phi) is 5.57. The fourth-order valence-electron chi connectivity index (χ4n) is 4.58. The van der Waals surface area contributed by atoms with Crippen molar-refractivity contribution in [2.24, 2.45) is 0 Å². The van der Waals surface area contributed by atoms with E-state index in [9.17, 15) is 4.79 Å². The minimum atomic E-state index is -1.16. The first kappa shape index (κ1) is 22.2. The first-order chi connectivity index (χ1) is 17.6. The summed E-state index contributed by atoms with van der Waals surface area (Å²) in [6, 6.07) is 9.38. The number of rotatable bonds is 5. The van der Waals surface area contributed by atoms with Crippen LogP contribution in [0.5, 0.6) is 0 Å². The maximum absolute atomic E-state index is 15.1. The van der Waals surface area contributed by atoms with Gasteiger partial charge in [-0.15, -0.1) is 0 Å². The topological polar surface area (TPSA) is 94.2 Å². The van der Waals surface area contributed by atoms with Crippen LogP contribution in [0, 0.1) is 11.6 Å². The largest absolute Gasteiger partial charge is 0.462 e. The average molecular weight is 487 g/mol.